The largest absolute Gasteiger partial charge is 0.145 e. The number of hydrogen-bond acceptors (Lipinski definition) is 2. The Morgan fingerprint density at radius 2 is 1.91 bits per heavy atom. The van der Waals surface area contributed by atoms with Crippen LogP contribution >= 0.6 is 22.7 Å². The Labute approximate surface area is 149 Å². The second kappa shape index (κ2) is 6.04. The van der Waals surface area contributed by atoms with Crippen LogP contribution in [0, 0.1) is 6.92 Å². The van der Waals surface area contributed by atoms with Crippen LogP contribution in [-0.2, 0) is 32.1 Å². The van der Waals surface area contributed by atoms with Crippen LogP contribution in [0.1, 0.15) is 87.2 Å². The van der Waals surface area contributed by atoms with E-state index in [2.05, 4.69) is 50.4 Å². The molecule has 2 aromatic heterocycles. The molecule has 23 heavy (non-hydrogen) atoms. The fourth-order valence-corrected chi connectivity index (χ4v) is 7.58. The average Bonchev–Trinajstić information content (AvgIpc) is 3.23. The van der Waals surface area contributed by atoms with E-state index in [1.165, 1.54) is 44.9 Å². The van der Waals surface area contributed by atoms with Crippen molar-refractivity contribution in [3.05, 3.63) is 41.8 Å². The van der Waals surface area contributed by atoms with Crippen LogP contribution in [0.3, 0.4) is 0 Å². The van der Waals surface area contributed by atoms with Crippen molar-refractivity contribution in [2.45, 2.75) is 84.5 Å². The van der Waals surface area contributed by atoms with Gasteiger partial charge >= 0.3 is 0 Å². The van der Waals surface area contributed by atoms with Crippen LogP contribution in [0.15, 0.2) is 0 Å². The third kappa shape index (κ3) is 2.53. The predicted octanol–water partition coefficient (Wildman–Crippen LogP) is 6.57. The van der Waals surface area contributed by atoms with Crippen LogP contribution in [0.4, 0.5) is 0 Å². The van der Waals surface area contributed by atoms with Crippen LogP contribution in [0.2, 0.25) is 0 Å². The topological polar surface area (TPSA) is 0 Å². The van der Waals surface area contributed by atoms with Gasteiger partial charge in [-0.05, 0) is 86.0 Å². The van der Waals surface area contributed by atoms with E-state index in [1.807, 2.05) is 0 Å². The highest BCUT2D eigenvalue weighted by Gasteiger charge is 2.31. The zero-order valence-corrected chi connectivity index (χ0v) is 16.6. The highest BCUT2D eigenvalue weighted by Crippen LogP contribution is 2.47. The second-order valence-electron chi connectivity index (χ2n) is 7.64. The molecule has 2 aromatic rings. The van der Waals surface area contributed by atoms with Gasteiger partial charge in [0.25, 0.3) is 0 Å². The summed E-state index contributed by atoms with van der Waals surface area (Å²) in [6.45, 7) is 9.41. The van der Waals surface area contributed by atoms with Crippen molar-refractivity contribution in [2.75, 3.05) is 0 Å². The van der Waals surface area contributed by atoms with Gasteiger partial charge in [0.1, 0.15) is 0 Å². The molecule has 0 fully saturated rings. The summed E-state index contributed by atoms with van der Waals surface area (Å²) in [5.41, 5.74) is 6.86. The minimum Gasteiger partial charge on any atom is -0.145 e. The Morgan fingerprint density at radius 3 is 2.65 bits per heavy atom. The van der Waals surface area contributed by atoms with Crippen LogP contribution < -0.4 is 0 Å². The molecule has 2 aliphatic carbocycles. The van der Waals surface area contributed by atoms with Crippen molar-refractivity contribution in [2.24, 2.45) is 0 Å². The van der Waals surface area contributed by atoms with Crippen molar-refractivity contribution in [3.8, 4) is 0 Å². The molecule has 4 rings (SSSR count). The van der Waals surface area contributed by atoms with E-state index < -0.39 is 0 Å². The summed E-state index contributed by atoms with van der Waals surface area (Å²) >= 11 is 4.27. The number of thiophene rings is 2. The van der Waals surface area contributed by atoms with Crippen LogP contribution in [0.5, 0.6) is 0 Å². The van der Waals surface area contributed by atoms with Gasteiger partial charge in [-0.2, -0.15) is 0 Å². The summed E-state index contributed by atoms with van der Waals surface area (Å²) in [5.74, 6) is 1.48. The van der Waals surface area contributed by atoms with E-state index in [-0.39, 0.29) is 0 Å². The summed E-state index contributed by atoms with van der Waals surface area (Å²) in [4.78, 5) is 6.80. The Hall–Kier alpha value is -0.600. The van der Waals surface area contributed by atoms with Crippen LogP contribution in [-0.4, -0.2) is 0 Å². The van der Waals surface area contributed by atoms with E-state index in [0.29, 0.717) is 5.92 Å². The Bertz CT molecular complexity index is 730. The molecule has 0 nitrogen and oxygen atoms in total. The van der Waals surface area contributed by atoms with Gasteiger partial charge in [0.05, 0.1) is 0 Å². The molecule has 0 bridgehead atoms. The molecule has 2 heteroatoms. The third-order valence-electron chi connectivity index (χ3n) is 5.86. The molecule has 0 saturated carbocycles. The fraction of sp³-hybridized carbons (Fsp3) is 0.619. The molecule has 1 atom stereocenters. The van der Waals surface area contributed by atoms with Gasteiger partial charge in [-0.15, -0.1) is 22.7 Å². The summed E-state index contributed by atoms with van der Waals surface area (Å²) in [6, 6.07) is 0. The standard InChI is InChI=1S/C21H28S2/c1-5-18-17(16-7-6-8-19(16)22-18)11-14-9-10-15-13(4)20(12(2)3)23-21(14)15/h12,14H,5-11H2,1-4H3. The maximum Gasteiger partial charge on any atom is 0.0117 e. The molecule has 0 radical (unpaired) electrons. The Morgan fingerprint density at radius 1 is 1.09 bits per heavy atom. The van der Waals surface area contributed by atoms with Gasteiger partial charge in [-0.25, -0.2) is 0 Å². The SMILES string of the molecule is CCc1sc2c(c1CC1CCc3c1sc(C(C)C)c3C)CCC2. The van der Waals surface area contributed by atoms with Crippen molar-refractivity contribution in [1.82, 2.24) is 0 Å². The van der Waals surface area contributed by atoms with E-state index in [4.69, 9.17) is 0 Å². The van der Waals surface area contributed by atoms with Crippen molar-refractivity contribution >= 4 is 22.7 Å². The van der Waals surface area contributed by atoms with E-state index in [1.54, 1.807) is 41.8 Å². The maximum atomic E-state index is 2.37. The van der Waals surface area contributed by atoms with E-state index in [9.17, 15) is 0 Å². The molecular weight excluding hydrogens is 316 g/mol. The van der Waals surface area contributed by atoms with Gasteiger partial charge in [0.15, 0.2) is 0 Å². The first-order valence-corrected chi connectivity index (χ1v) is 11.0. The summed E-state index contributed by atoms with van der Waals surface area (Å²) in [6.07, 6.45) is 9.34. The van der Waals surface area contributed by atoms with E-state index >= 15 is 0 Å². The van der Waals surface area contributed by atoms with Gasteiger partial charge in [0.2, 0.25) is 0 Å². The van der Waals surface area contributed by atoms with Crippen molar-refractivity contribution in [1.29, 1.82) is 0 Å². The molecule has 0 saturated heterocycles. The number of rotatable bonds is 4. The van der Waals surface area contributed by atoms with Gasteiger partial charge in [-0.1, -0.05) is 20.8 Å². The lowest BCUT2D eigenvalue weighted by Gasteiger charge is -2.13. The lowest BCUT2D eigenvalue weighted by atomic mass is 9.94. The third-order valence-corrected chi connectivity index (χ3v) is 9.14. The fourth-order valence-electron chi connectivity index (χ4n) is 4.72. The van der Waals surface area contributed by atoms with Crippen LogP contribution in [0.25, 0.3) is 0 Å². The first-order valence-electron chi connectivity index (χ1n) is 9.34. The van der Waals surface area contributed by atoms with Gasteiger partial charge in [-0.3, -0.25) is 0 Å². The molecule has 0 spiro atoms. The van der Waals surface area contributed by atoms with E-state index in [0.717, 1.165) is 5.92 Å². The molecule has 0 N–H and O–H groups in total. The normalized spacial score (nSPS) is 19.6. The maximum absolute atomic E-state index is 2.37. The lowest BCUT2D eigenvalue weighted by Crippen LogP contribution is -2.01. The number of hydrogen-bond donors (Lipinski definition) is 0. The molecule has 0 amide bonds. The first kappa shape index (κ1) is 15.9. The molecule has 0 aliphatic heterocycles. The monoisotopic (exact) mass is 344 g/mol. The van der Waals surface area contributed by atoms with Gasteiger partial charge < -0.3 is 0 Å². The quantitative estimate of drug-likeness (QED) is 0.589. The summed E-state index contributed by atoms with van der Waals surface area (Å²) in [7, 11) is 0. The zero-order valence-electron chi connectivity index (χ0n) is 14.9. The van der Waals surface area contributed by atoms with Crippen molar-refractivity contribution in [3.63, 3.8) is 0 Å². The number of fused-ring (bicyclic) bond motifs is 2. The Balaban J connectivity index is 1.67. The smallest absolute Gasteiger partial charge is 0.0117 e. The molecule has 0 aromatic carbocycles. The second-order valence-corrected chi connectivity index (χ2v) is 9.91. The molecular formula is C21H28S2. The van der Waals surface area contributed by atoms with Gasteiger partial charge in [0, 0.05) is 19.5 Å². The highest BCUT2D eigenvalue weighted by atomic mass is 32.1. The molecule has 2 heterocycles. The minimum absolute atomic E-state index is 0.683. The predicted molar refractivity (Wildman–Crippen MR) is 104 cm³/mol. The molecule has 124 valence electrons. The molecule has 1 unspecified atom stereocenters. The summed E-state index contributed by atoms with van der Waals surface area (Å²) < 4.78 is 0. The zero-order chi connectivity index (χ0) is 16.1. The number of aryl methyl sites for hydroxylation is 2. The highest BCUT2D eigenvalue weighted by molar-refractivity contribution is 7.12. The molecule has 2 aliphatic rings. The first-order chi connectivity index (χ1) is 11.1. The summed E-state index contributed by atoms with van der Waals surface area (Å²) in [5, 5.41) is 0. The van der Waals surface area contributed by atoms with Crippen molar-refractivity contribution < 1.29 is 0 Å². The lowest BCUT2D eigenvalue weighted by molar-refractivity contribution is 0.675. The minimum atomic E-state index is 0.683. The Kier molecular flexibility index (Phi) is 4.18. The average molecular weight is 345 g/mol.